The van der Waals surface area contributed by atoms with Gasteiger partial charge in [-0.2, -0.15) is 0 Å². The minimum Gasteiger partial charge on any atom is -0.494 e. The fourth-order valence-corrected chi connectivity index (χ4v) is 7.22. The van der Waals surface area contributed by atoms with Gasteiger partial charge in [0.25, 0.3) is 0 Å². The molecule has 0 aromatic heterocycles. The van der Waals surface area contributed by atoms with E-state index in [9.17, 15) is 14.4 Å². The lowest BCUT2D eigenvalue weighted by Crippen LogP contribution is -2.57. The third-order valence-corrected chi connectivity index (χ3v) is 9.28. The van der Waals surface area contributed by atoms with Crippen molar-refractivity contribution in [2.75, 3.05) is 18.5 Å². The molecule has 6 rings (SSSR count). The Bertz CT molecular complexity index is 1310. The lowest BCUT2D eigenvalue weighted by molar-refractivity contribution is -0.141. The largest absolute Gasteiger partial charge is 0.494 e. The van der Waals surface area contributed by atoms with Crippen LogP contribution in [-0.2, 0) is 25.5 Å². The van der Waals surface area contributed by atoms with Crippen molar-refractivity contribution in [1.82, 2.24) is 10.2 Å². The fraction of sp³-hybridized carbons (Fsp3) is 0.485. The van der Waals surface area contributed by atoms with Gasteiger partial charge in [-0.05, 0) is 61.9 Å². The number of benzene rings is 2. The van der Waals surface area contributed by atoms with E-state index in [1.807, 2.05) is 49.4 Å². The zero-order valence-corrected chi connectivity index (χ0v) is 23.8. The normalized spacial score (nSPS) is 31.7. The molecule has 7 atom stereocenters. The third kappa shape index (κ3) is 5.03. The number of fused-ring (bicyclic) bond motifs is 1. The van der Waals surface area contributed by atoms with Crippen LogP contribution >= 0.6 is 0 Å². The predicted molar refractivity (Wildman–Crippen MR) is 155 cm³/mol. The number of carbonyl (C=O) groups excluding carboxylic acids is 3. The number of carbonyl (C=O) groups is 3. The summed E-state index contributed by atoms with van der Waals surface area (Å²) in [7, 11) is 0. The van der Waals surface area contributed by atoms with Crippen molar-refractivity contribution in [2.24, 2.45) is 17.8 Å². The van der Waals surface area contributed by atoms with Crippen molar-refractivity contribution < 1.29 is 23.9 Å². The van der Waals surface area contributed by atoms with Crippen LogP contribution in [0.3, 0.4) is 0 Å². The predicted octanol–water partition coefficient (Wildman–Crippen LogP) is 4.11. The van der Waals surface area contributed by atoms with Gasteiger partial charge in [0.2, 0.25) is 17.7 Å². The monoisotopic (exact) mass is 557 g/mol. The van der Waals surface area contributed by atoms with Crippen molar-refractivity contribution in [1.29, 1.82) is 0 Å². The maximum absolute atomic E-state index is 14.2. The van der Waals surface area contributed by atoms with Crippen LogP contribution in [0.2, 0.25) is 0 Å². The second kappa shape index (κ2) is 11.3. The van der Waals surface area contributed by atoms with Gasteiger partial charge in [-0.25, -0.2) is 0 Å². The van der Waals surface area contributed by atoms with E-state index < -0.39 is 29.6 Å². The van der Waals surface area contributed by atoms with Crippen LogP contribution in [0.15, 0.2) is 66.7 Å². The molecule has 8 heteroatoms. The summed E-state index contributed by atoms with van der Waals surface area (Å²) in [5.74, 6) is -1.08. The lowest BCUT2D eigenvalue weighted by atomic mass is 9.74. The molecule has 2 aromatic carbocycles. The highest BCUT2D eigenvalue weighted by Crippen LogP contribution is 2.55. The van der Waals surface area contributed by atoms with E-state index in [2.05, 4.69) is 17.6 Å². The minimum atomic E-state index is -1.17. The third-order valence-electron chi connectivity index (χ3n) is 9.28. The Morgan fingerprint density at radius 1 is 1.05 bits per heavy atom. The van der Waals surface area contributed by atoms with Crippen LogP contribution in [0.1, 0.15) is 45.1 Å². The van der Waals surface area contributed by atoms with Gasteiger partial charge >= 0.3 is 0 Å². The first kappa shape index (κ1) is 27.5. The molecule has 2 saturated heterocycles. The molecule has 2 aromatic rings. The molecule has 1 spiro atoms. The highest BCUT2D eigenvalue weighted by Gasteiger charge is 2.72. The van der Waals surface area contributed by atoms with Crippen LogP contribution < -0.4 is 15.4 Å². The molecule has 0 radical (unpaired) electrons. The van der Waals surface area contributed by atoms with Gasteiger partial charge in [-0.15, -0.1) is 0 Å². The van der Waals surface area contributed by atoms with Crippen LogP contribution in [0.5, 0.6) is 5.75 Å². The van der Waals surface area contributed by atoms with Crippen molar-refractivity contribution in [3.8, 4) is 5.75 Å². The van der Waals surface area contributed by atoms with Crippen LogP contribution in [0.4, 0.5) is 5.69 Å². The van der Waals surface area contributed by atoms with Crippen molar-refractivity contribution in [3.63, 3.8) is 0 Å². The molecule has 216 valence electrons. The van der Waals surface area contributed by atoms with Gasteiger partial charge in [0.05, 0.1) is 24.5 Å². The van der Waals surface area contributed by atoms with Crippen LogP contribution in [0.25, 0.3) is 0 Å². The first-order chi connectivity index (χ1) is 19.9. The number of rotatable bonds is 9. The molecule has 2 bridgehead atoms. The molecule has 8 nitrogen and oxygen atoms in total. The Kier molecular flexibility index (Phi) is 7.60. The van der Waals surface area contributed by atoms with Crippen LogP contribution in [-0.4, -0.2) is 59.6 Å². The van der Waals surface area contributed by atoms with Gasteiger partial charge in [0.15, 0.2) is 0 Å². The number of nitrogens with one attached hydrogen (secondary N) is 2. The molecule has 4 aliphatic rings. The molecular formula is C33H39N3O5. The van der Waals surface area contributed by atoms with Crippen LogP contribution in [0, 0.1) is 17.8 Å². The number of hydrogen-bond donors (Lipinski definition) is 2. The average molecular weight is 558 g/mol. The molecule has 2 N–H and O–H groups in total. The van der Waals surface area contributed by atoms with E-state index in [0.717, 1.165) is 30.6 Å². The molecule has 1 aliphatic carbocycles. The average Bonchev–Trinajstić information content (AvgIpc) is 3.62. The molecule has 41 heavy (non-hydrogen) atoms. The summed E-state index contributed by atoms with van der Waals surface area (Å²) in [5, 5.41) is 6.27. The summed E-state index contributed by atoms with van der Waals surface area (Å²) in [5.41, 5.74) is 0.535. The number of anilines is 1. The molecule has 3 fully saturated rings. The van der Waals surface area contributed by atoms with Gasteiger partial charge in [0, 0.05) is 18.3 Å². The van der Waals surface area contributed by atoms with Crippen molar-refractivity contribution in [3.05, 3.63) is 72.3 Å². The number of likely N-dealkylation sites (tertiary alicyclic amines) is 1. The van der Waals surface area contributed by atoms with E-state index in [0.29, 0.717) is 31.2 Å². The van der Waals surface area contributed by atoms with E-state index in [1.165, 1.54) is 6.42 Å². The van der Waals surface area contributed by atoms with E-state index in [-0.39, 0.29) is 23.8 Å². The first-order valence-corrected chi connectivity index (χ1v) is 15.0. The Labute approximate surface area is 241 Å². The maximum atomic E-state index is 14.2. The smallest absolute Gasteiger partial charge is 0.246 e. The Morgan fingerprint density at radius 2 is 1.80 bits per heavy atom. The summed E-state index contributed by atoms with van der Waals surface area (Å²) in [4.78, 5) is 43.6. The second-order valence-corrected chi connectivity index (χ2v) is 11.8. The quantitative estimate of drug-likeness (QED) is 0.453. The Hall–Kier alpha value is -3.65. The molecular weight excluding hydrogens is 518 g/mol. The number of amides is 3. The van der Waals surface area contributed by atoms with Gasteiger partial charge in [-0.1, -0.05) is 62.2 Å². The minimum absolute atomic E-state index is 0.0686. The number of ether oxygens (including phenoxy) is 2. The van der Waals surface area contributed by atoms with E-state index >= 15 is 0 Å². The lowest BCUT2D eigenvalue weighted by Gasteiger charge is -2.36. The molecule has 3 heterocycles. The topological polar surface area (TPSA) is 97.0 Å². The van der Waals surface area contributed by atoms with Gasteiger partial charge in [0.1, 0.15) is 17.4 Å². The first-order valence-electron chi connectivity index (χ1n) is 15.0. The van der Waals surface area contributed by atoms with E-state index in [1.54, 1.807) is 29.2 Å². The summed E-state index contributed by atoms with van der Waals surface area (Å²) in [6, 6.07) is 16.4. The zero-order chi connectivity index (χ0) is 28.6. The van der Waals surface area contributed by atoms with Crippen molar-refractivity contribution >= 4 is 23.4 Å². The van der Waals surface area contributed by atoms with Gasteiger partial charge in [-0.3, -0.25) is 14.4 Å². The highest BCUT2D eigenvalue weighted by molar-refractivity contribution is 6.02. The van der Waals surface area contributed by atoms with E-state index in [4.69, 9.17) is 9.47 Å². The zero-order valence-electron chi connectivity index (χ0n) is 23.8. The Morgan fingerprint density at radius 3 is 2.54 bits per heavy atom. The van der Waals surface area contributed by atoms with Gasteiger partial charge < -0.3 is 25.0 Å². The molecule has 1 saturated carbocycles. The maximum Gasteiger partial charge on any atom is 0.246 e. The highest BCUT2D eigenvalue weighted by atomic mass is 16.5. The number of hydrogen-bond acceptors (Lipinski definition) is 5. The summed E-state index contributed by atoms with van der Waals surface area (Å²) >= 11 is 0. The Balaban J connectivity index is 1.27. The molecule has 3 aliphatic heterocycles. The SMILES string of the molecule is CCOc1ccc(NC(=O)[C@H]2[C@H]3C=C[C@@]4(O3)[C@H]2C(=O)N(CCc2ccccc2)[C@@H]4C(=O)N[C@@H]2CCCC[C@H]2C)cc1. The summed E-state index contributed by atoms with van der Waals surface area (Å²) in [6.07, 6.45) is 8.03. The molecule has 0 unspecified atom stereocenters. The fourth-order valence-electron chi connectivity index (χ4n) is 7.22. The van der Waals surface area contributed by atoms with Crippen molar-refractivity contribution in [2.45, 2.75) is 69.7 Å². The molecule has 3 amide bonds. The number of nitrogens with zero attached hydrogens (tertiary/aromatic N) is 1. The summed E-state index contributed by atoms with van der Waals surface area (Å²) in [6.45, 7) is 5.02. The summed E-state index contributed by atoms with van der Waals surface area (Å²) < 4.78 is 12.0. The second-order valence-electron chi connectivity index (χ2n) is 11.8. The standard InChI is InChI=1S/C33H39N3O5/c1-3-40-24-15-13-23(14-16-24)34-30(37)27-26-17-19-33(41-26)28(27)32(39)36(20-18-22-10-5-4-6-11-22)29(33)31(38)35-25-12-8-7-9-21(25)2/h4-6,10-11,13-17,19,21,25-29H,3,7-9,12,18,20H2,1-2H3,(H,34,37)(H,35,38)/t21-,25-,26-,27+,28-,29-,33-/m1/s1.